The second-order valence-corrected chi connectivity index (χ2v) is 12.6. The molecule has 0 amide bonds. The highest BCUT2D eigenvalue weighted by molar-refractivity contribution is 7.89. The Labute approximate surface area is 174 Å². The Hall–Kier alpha value is -1.32. The van der Waals surface area contributed by atoms with Crippen LogP contribution in [0.5, 0.6) is 0 Å². The smallest absolute Gasteiger partial charge is 0.251 e. The van der Waals surface area contributed by atoms with Crippen molar-refractivity contribution in [1.29, 1.82) is 0 Å². The van der Waals surface area contributed by atoms with Crippen LogP contribution in [0.4, 0.5) is 0 Å². The normalized spacial score (nSPS) is 46.2. The maximum absolute atomic E-state index is 12.1. The lowest BCUT2D eigenvalue weighted by atomic mass is 9.44. The minimum Gasteiger partial charge on any atom is -0.377 e. The molecule has 1 N–H and O–H groups in total. The highest BCUT2D eigenvalue weighted by atomic mass is 32.2. The number of hydrogen-bond acceptors (Lipinski definition) is 4. The van der Waals surface area contributed by atoms with Crippen LogP contribution in [0, 0.1) is 46.8 Å². The first-order chi connectivity index (χ1) is 13.5. The molecule has 3 saturated carbocycles. The Kier molecular flexibility index (Phi) is 3.98. The number of nitrogens with zero attached hydrogens (tertiary/aromatic N) is 2. The molecule has 7 atom stereocenters. The van der Waals surface area contributed by atoms with Crippen molar-refractivity contribution < 1.29 is 13.5 Å². The molecular formula is C23H32N2O3S. The van der Waals surface area contributed by atoms with E-state index in [4.69, 9.17) is 6.42 Å². The standard InChI is InChI=1S/C23H32N2O3S/c1-5-23(26)11-9-19-17-7-6-16-12-20-15(14-24-25(20)29(4,27)28)13-21(16,2)18(17)8-10-22(19,23)3/h1,14,16-19,26H,6-13H2,2-4H3/t16-,17+,18-,19-,21-,22-,23-/m0/s1. The van der Waals surface area contributed by atoms with E-state index >= 15 is 0 Å². The molecule has 0 unspecified atom stereocenters. The topological polar surface area (TPSA) is 72.2 Å². The van der Waals surface area contributed by atoms with Crippen LogP contribution in [0.15, 0.2) is 6.20 Å². The van der Waals surface area contributed by atoms with Gasteiger partial charge in [0, 0.05) is 5.41 Å². The fourth-order valence-corrected chi connectivity index (χ4v) is 8.88. The maximum atomic E-state index is 12.1. The van der Waals surface area contributed by atoms with Crippen LogP contribution in [-0.2, 0) is 22.9 Å². The van der Waals surface area contributed by atoms with Gasteiger partial charge in [0.2, 0.25) is 0 Å². The average molecular weight is 417 g/mol. The van der Waals surface area contributed by atoms with Crippen molar-refractivity contribution in [2.45, 2.75) is 70.8 Å². The molecule has 0 aromatic carbocycles. The molecule has 3 fully saturated rings. The van der Waals surface area contributed by atoms with Gasteiger partial charge in [-0.1, -0.05) is 19.8 Å². The second-order valence-electron chi connectivity index (χ2n) is 10.8. The average Bonchev–Trinajstić information content (AvgIpc) is 3.18. The molecule has 4 aliphatic carbocycles. The first-order valence-electron chi connectivity index (χ1n) is 11.0. The van der Waals surface area contributed by atoms with Gasteiger partial charge in [-0.2, -0.15) is 9.19 Å². The lowest BCUT2D eigenvalue weighted by molar-refractivity contribution is -0.127. The summed E-state index contributed by atoms with van der Waals surface area (Å²) < 4.78 is 25.5. The molecule has 0 spiro atoms. The molecule has 0 aliphatic heterocycles. The van der Waals surface area contributed by atoms with Crippen molar-refractivity contribution >= 4 is 10.0 Å². The minimum atomic E-state index is -3.36. The van der Waals surface area contributed by atoms with Gasteiger partial charge in [-0.05, 0) is 86.0 Å². The summed E-state index contributed by atoms with van der Waals surface area (Å²) in [5, 5.41) is 15.4. The van der Waals surface area contributed by atoms with Crippen molar-refractivity contribution in [3.8, 4) is 12.3 Å². The van der Waals surface area contributed by atoms with Crippen molar-refractivity contribution in [1.82, 2.24) is 9.19 Å². The molecule has 5 rings (SSSR count). The fourth-order valence-electron chi connectivity index (χ4n) is 8.07. The number of aromatic nitrogens is 2. The van der Waals surface area contributed by atoms with Gasteiger partial charge in [-0.3, -0.25) is 0 Å². The fraction of sp³-hybridized carbons (Fsp3) is 0.783. The number of hydrogen-bond donors (Lipinski definition) is 1. The van der Waals surface area contributed by atoms with E-state index in [1.165, 1.54) is 10.3 Å². The van der Waals surface area contributed by atoms with Crippen LogP contribution in [0.1, 0.15) is 63.6 Å². The molecule has 29 heavy (non-hydrogen) atoms. The van der Waals surface area contributed by atoms with Gasteiger partial charge in [0.15, 0.2) is 0 Å². The first kappa shape index (κ1) is 19.6. The van der Waals surface area contributed by atoms with Crippen molar-refractivity contribution in [3.63, 3.8) is 0 Å². The summed E-state index contributed by atoms with van der Waals surface area (Å²) in [6.45, 7) is 4.66. The number of fused-ring (bicyclic) bond motifs is 6. The molecule has 5 nitrogen and oxygen atoms in total. The second kappa shape index (κ2) is 5.88. The first-order valence-corrected chi connectivity index (χ1v) is 12.8. The highest BCUT2D eigenvalue weighted by Crippen LogP contribution is 2.67. The van der Waals surface area contributed by atoms with E-state index in [2.05, 4.69) is 24.9 Å². The van der Waals surface area contributed by atoms with E-state index in [1.807, 2.05) is 0 Å². The van der Waals surface area contributed by atoms with Gasteiger partial charge in [-0.25, -0.2) is 8.42 Å². The van der Waals surface area contributed by atoms with Gasteiger partial charge < -0.3 is 5.11 Å². The number of aliphatic hydroxyl groups is 1. The van der Waals surface area contributed by atoms with E-state index in [0.29, 0.717) is 23.7 Å². The third-order valence-corrected chi connectivity index (χ3v) is 10.6. The Morgan fingerprint density at radius 3 is 2.62 bits per heavy atom. The lowest BCUT2D eigenvalue weighted by Gasteiger charge is -2.60. The molecule has 1 aromatic rings. The van der Waals surface area contributed by atoms with Crippen molar-refractivity contribution in [2.24, 2.45) is 34.5 Å². The highest BCUT2D eigenvalue weighted by Gasteiger charge is 2.64. The minimum absolute atomic E-state index is 0.166. The van der Waals surface area contributed by atoms with Crippen LogP contribution in [0.3, 0.4) is 0 Å². The van der Waals surface area contributed by atoms with E-state index < -0.39 is 15.6 Å². The van der Waals surface area contributed by atoms with Gasteiger partial charge in [0.25, 0.3) is 10.0 Å². The molecule has 6 heteroatoms. The number of rotatable bonds is 1. The van der Waals surface area contributed by atoms with Gasteiger partial charge in [0.05, 0.1) is 18.1 Å². The predicted octanol–water partition coefficient (Wildman–Crippen LogP) is 3.01. The van der Waals surface area contributed by atoms with Crippen LogP contribution < -0.4 is 0 Å². The summed E-state index contributed by atoms with van der Waals surface area (Å²) in [5.41, 5.74) is 1.04. The van der Waals surface area contributed by atoms with Gasteiger partial charge in [0.1, 0.15) is 5.60 Å². The molecule has 0 saturated heterocycles. The Morgan fingerprint density at radius 1 is 1.21 bits per heavy atom. The Bertz CT molecular complexity index is 1010. The largest absolute Gasteiger partial charge is 0.377 e. The zero-order valence-corrected chi connectivity index (χ0v) is 18.5. The molecule has 0 radical (unpaired) electrons. The van der Waals surface area contributed by atoms with Crippen LogP contribution in [-0.4, -0.2) is 34.6 Å². The van der Waals surface area contributed by atoms with Crippen LogP contribution in [0.2, 0.25) is 0 Å². The van der Waals surface area contributed by atoms with Gasteiger partial charge in [-0.15, -0.1) is 6.42 Å². The molecule has 1 aromatic heterocycles. The summed E-state index contributed by atoms with van der Waals surface area (Å²) in [5.74, 6) is 4.94. The molecule has 1 heterocycles. The molecular weight excluding hydrogens is 384 g/mol. The van der Waals surface area contributed by atoms with E-state index in [0.717, 1.165) is 62.6 Å². The van der Waals surface area contributed by atoms with E-state index in [9.17, 15) is 13.5 Å². The Balaban J connectivity index is 1.50. The van der Waals surface area contributed by atoms with Crippen LogP contribution in [0.25, 0.3) is 0 Å². The summed E-state index contributed by atoms with van der Waals surface area (Å²) in [6, 6.07) is 0. The zero-order chi connectivity index (χ0) is 20.8. The SMILES string of the molecule is C#C[C@]1(O)CC[C@H]2[C@@H]3CC[C@H]4Cc5c(cnn5S(C)(=O)=O)C[C@]4(C)[C@H]3CC[C@@]21C. The Morgan fingerprint density at radius 2 is 1.93 bits per heavy atom. The van der Waals surface area contributed by atoms with Crippen LogP contribution >= 0.6 is 0 Å². The quantitative estimate of drug-likeness (QED) is 0.715. The summed E-state index contributed by atoms with van der Waals surface area (Å²) in [4.78, 5) is 0. The molecule has 0 bridgehead atoms. The van der Waals surface area contributed by atoms with Crippen molar-refractivity contribution in [3.05, 3.63) is 17.5 Å². The summed E-state index contributed by atoms with van der Waals surface area (Å²) in [6.07, 6.45) is 16.6. The van der Waals surface area contributed by atoms with E-state index in [-0.39, 0.29) is 10.8 Å². The lowest BCUT2D eigenvalue weighted by Crippen LogP contribution is -2.56. The summed E-state index contributed by atoms with van der Waals surface area (Å²) in [7, 11) is -3.36. The third-order valence-electron chi connectivity index (χ3n) is 9.70. The zero-order valence-electron chi connectivity index (χ0n) is 17.7. The number of terminal acetylenes is 1. The van der Waals surface area contributed by atoms with Gasteiger partial charge >= 0.3 is 0 Å². The van der Waals surface area contributed by atoms with Crippen molar-refractivity contribution in [2.75, 3.05) is 6.26 Å². The third kappa shape index (κ3) is 2.44. The van der Waals surface area contributed by atoms with E-state index in [1.54, 1.807) is 6.20 Å². The maximum Gasteiger partial charge on any atom is 0.251 e. The summed E-state index contributed by atoms with van der Waals surface area (Å²) >= 11 is 0. The molecule has 158 valence electrons. The monoisotopic (exact) mass is 416 g/mol. The predicted molar refractivity (Wildman–Crippen MR) is 112 cm³/mol. The molecule has 4 aliphatic rings.